The number of carbonyl (C=O) groups excluding carboxylic acids is 2. The van der Waals surface area contributed by atoms with Crippen molar-refractivity contribution in [3.63, 3.8) is 0 Å². The van der Waals surface area contributed by atoms with Crippen LogP contribution in [0.15, 0.2) is 53.9 Å². The van der Waals surface area contributed by atoms with Crippen LogP contribution in [0, 0.1) is 0 Å². The van der Waals surface area contributed by atoms with Crippen LogP contribution < -0.4 is 24.8 Å². The van der Waals surface area contributed by atoms with Gasteiger partial charge in [-0.2, -0.15) is 0 Å². The number of para-hydroxylation sites is 1. The number of thiazole rings is 1. The molecule has 2 aromatic carbocycles. The van der Waals surface area contributed by atoms with Crippen molar-refractivity contribution in [3.05, 3.63) is 53.9 Å². The van der Waals surface area contributed by atoms with Crippen molar-refractivity contribution in [2.45, 2.75) is 0 Å². The number of carbonyl (C=O) groups is 2. The molecule has 4 rings (SSSR count). The van der Waals surface area contributed by atoms with Crippen LogP contribution in [0.25, 0.3) is 11.3 Å². The summed E-state index contributed by atoms with van der Waals surface area (Å²) in [6, 6.07) is 14.5. The van der Waals surface area contributed by atoms with Crippen LogP contribution in [-0.2, 0) is 9.59 Å². The highest BCUT2D eigenvalue weighted by atomic mass is 32.1. The number of anilines is 1. The first kappa shape index (κ1) is 18.8. The molecule has 0 saturated carbocycles. The van der Waals surface area contributed by atoms with Gasteiger partial charge in [-0.1, -0.05) is 18.2 Å². The number of nitrogens with one attached hydrogen (secondary N) is 2. The molecule has 0 saturated heterocycles. The molecule has 0 bridgehead atoms. The van der Waals surface area contributed by atoms with Gasteiger partial charge >= 0.3 is 0 Å². The van der Waals surface area contributed by atoms with Gasteiger partial charge < -0.3 is 24.8 Å². The number of ether oxygens (including phenoxy) is 3. The van der Waals surface area contributed by atoms with E-state index < -0.39 is 0 Å². The minimum atomic E-state index is -0.385. The highest BCUT2D eigenvalue weighted by Crippen LogP contribution is 2.36. The fourth-order valence-corrected chi connectivity index (χ4v) is 3.31. The molecule has 0 spiro atoms. The van der Waals surface area contributed by atoms with E-state index in [0.717, 1.165) is 5.56 Å². The molecule has 0 atom stereocenters. The summed E-state index contributed by atoms with van der Waals surface area (Å²) in [6.45, 7) is -0.127. The van der Waals surface area contributed by atoms with Gasteiger partial charge in [0.15, 0.2) is 23.2 Å². The summed E-state index contributed by atoms with van der Waals surface area (Å²) >= 11 is 1.30. The molecule has 1 aliphatic rings. The third-order valence-corrected chi connectivity index (χ3v) is 4.74. The maximum absolute atomic E-state index is 12.1. The molecule has 0 fully saturated rings. The van der Waals surface area contributed by atoms with E-state index in [1.165, 1.54) is 11.3 Å². The molecular formula is C20H17N3O5S. The molecule has 2 N–H and O–H groups in total. The number of nitrogens with zero attached hydrogens (tertiary/aromatic N) is 1. The first-order chi connectivity index (χ1) is 14.2. The topological polar surface area (TPSA) is 98.8 Å². The highest BCUT2D eigenvalue weighted by molar-refractivity contribution is 7.14. The summed E-state index contributed by atoms with van der Waals surface area (Å²) in [4.78, 5) is 28.3. The molecule has 1 aliphatic heterocycles. The second-order valence-corrected chi connectivity index (χ2v) is 6.89. The molecule has 0 unspecified atom stereocenters. The third-order valence-electron chi connectivity index (χ3n) is 3.98. The van der Waals surface area contributed by atoms with Crippen LogP contribution >= 0.6 is 11.3 Å². The van der Waals surface area contributed by atoms with Crippen molar-refractivity contribution in [1.82, 2.24) is 10.3 Å². The van der Waals surface area contributed by atoms with E-state index in [9.17, 15) is 9.59 Å². The molecule has 3 aromatic rings. The molecular weight excluding hydrogens is 394 g/mol. The lowest BCUT2D eigenvalue weighted by Crippen LogP contribution is -2.35. The molecule has 148 valence electrons. The first-order valence-corrected chi connectivity index (χ1v) is 9.65. The Balaban J connectivity index is 1.25. The van der Waals surface area contributed by atoms with Gasteiger partial charge in [-0.05, 0) is 30.3 Å². The van der Waals surface area contributed by atoms with Crippen molar-refractivity contribution in [2.24, 2.45) is 0 Å². The highest BCUT2D eigenvalue weighted by Gasteiger charge is 2.15. The monoisotopic (exact) mass is 411 g/mol. The third kappa shape index (κ3) is 4.82. The largest absolute Gasteiger partial charge is 0.484 e. The van der Waals surface area contributed by atoms with Crippen molar-refractivity contribution in [1.29, 1.82) is 0 Å². The Labute approximate surface area is 170 Å². The van der Waals surface area contributed by atoms with E-state index in [2.05, 4.69) is 15.6 Å². The fourth-order valence-electron chi connectivity index (χ4n) is 2.58. The first-order valence-electron chi connectivity index (χ1n) is 8.77. The van der Waals surface area contributed by atoms with Gasteiger partial charge in [0.05, 0.1) is 12.2 Å². The standard InChI is InChI=1S/C20H17N3O5S/c24-18(9-21-19(25)10-26-14-4-2-1-3-5-14)23-20-22-15(11-29-20)13-6-7-16-17(8-13)28-12-27-16/h1-8,11H,9-10,12H2,(H,21,25)(H,22,23,24). The maximum Gasteiger partial charge on any atom is 0.258 e. The Morgan fingerprint density at radius 3 is 2.76 bits per heavy atom. The molecule has 9 heteroatoms. The Morgan fingerprint density at radius 1 is 1.07 bits per heavy atom. The number of fused-ring (bicyclic) bond motifs is 1. The predicted molar refractivity (Wildman–Crippen MR) is 107 cm³/mol. The van der Waals surface area contributed by atoms with Gasteiger partial charge in [0.1, 0.15) is 5.75 Å². The Kier molecular flexibility index (Phi) is 5.57. The number of rotatable bonds is 7. The van der Waals surface area contributed by atoms with Gasteiger partial charge in [-0.25, -0.2) is 4.98 Å². The van der Waals surface area contributed by atoms with Gasteiger partial charge in [0.25, 0.3) is 5.91 Å². The molecule has 2 amide bonds. The van der Waals surface area contributed by atoms with E-state index >= 15 is 0 Å². The second-order valence-electron chi connectivity index (χ2n) is 6.03. The zero-order chi connectivity index (χ0) is 20.1. The fraction of sp³-hybridized carbons (Fsp3) is 0.150. The van der Waals surface area contributed by atoms with Crippen LogP contribution in [0.1, 0.15) is 0 Å². The van der Waals surface area contributed by atoms with Crippen LogP contribution in [0.5, 0.6) is 17.2 Å². The summed E-state index contributed by atoms with van der Waals surface area (Å²) < 4.78 is 16.0. The molecule has 8 nitrogen and oxygen atoms in total. The van der Waals surface area contributed by atoms with Crippen LogP contribution in [0.4, 0.5) is 5.13 Å². The number of aromatic nitrogens is 1. The molecule has 29 heavy (non-hydrogen) atoms. The maximum atomic E-state index is 12.1. The van der Waals surface area contributed by atoms with Gasteiger partial charge in [-0.3, -0.25) is 9.59 Å². The Hall–Kier alpha value is -3.59. The average Bonchev–Trinajstić information content (AvgIpc) is 3.40. The predicted octanol–water partition coefficient (Wildman–Crippen LogP) is 2.67. The normalized spacial score (nSPS) is 11.7. The van der Waals surface area contributed by atoms with Crippen molar-refractivity contribution < 1.29 is 23.8 Å². The average molecular weight is 411 g/mol. The Morgan fingerprint density at radius 2 is 1.90 bits per heavy atom. The van der Waals surface area contributed by atoms with Crippen LogP contribution in [-0.4, -0.2) is 36.7 Å². The van der Waals surface area contributed by atoms with Crippen LogP contribution in [0.2, 0.25) is 0 Å². The summed E-state index contributed by atoms with van der Waals surface area (Å²) in [5, 5.41) is 7.46. The van der Waals surface area contributed by atoms with E-state index in [4.69, 9.17) is 14.2 Å². The zero-order valence-corrected chi connectivity index (χ0v) is 16.0. The van der Waals surface area contributed by atoms with E-state index in [1.807, 2.05) is 41.8 Å². The van der Waals surface area contributed by atoms with E-state index in [0.29, 0.717) is 28.1 Å². The van der Waals surface area contributed by atoms with E-state index in [-0.39, 0.29) is 31.8 Å². The molecule has 0 radical (unpaired) electrons. The lowest BCUT2D eigenvalue weighted by molar-refractivity contribution is -0.125. The van der Waals surface area contributed by atoms with Crippen molar-refractivity contribution in [3.8, 4) is 28.5 Å². The summed E-state index contributed by atoms with van der Waals surface area (Å²) in [5.41, 5.74) is 1.57. The number of hydrogen-bond acceptors (Lipinski definition) is 7. The smallest absolute Gasteiger partial charge is 0.258 e. The minimum Gasteiger partial charge on any atom is -0.484 e. The minimum absolute atomic E-state index is 0.164. The molecule has 1 aromatic heterocycles. The zero-order valence-electron chi connectivity index (χ0n) is 15.2. The van der Waals surface area contributed by atoms with Gasteiger partial charge in [-0.15, -0.1) is 11.3 Å². The number of amides is 2. The molecule has 2 heterocycles. The quantitative estimate of drug-likeness (QED) is 0.620. The lowest BCUT2D eigenvalue weighted by Gasteiger charge is -2.07. The van der Waals surface area contributed by atoms with Gasteiger partial charge in [0.2, 0.25) is 12.7 Å². The molecule has 0 aliphatic carbocycles. The van der Waals surface area contributed by atoms with E-state index in [1.54, 1.807) is 12.1 Å². The Bertz CT molecular complexity index is 1020. The number of hydrogen-bond donors (Lipinski definition) is 2. The number of benzene rings is 2. The SMILES string of the molecule is O=C(COc1ccccc1)NCC(=O)Nc1nc(-c2ccc3c(c2)OCO3)cs1. The van der Waals surface area contributed by atoms with Crippen molar-refractivity contribution >= 4 is 28.3 Å². The van der Waals surface area contributed by atoms with Gasteiger partial charge in [0, 0.05) is 10.9 Å². The lowest BCUT2D eigenvalue weighted by atomic mass is 10.1. The van der Waals surface area contributed by atoms with Crippen LogP contribution in [0.3, 0.4) is 0 Å². The summed E-state index contributed by atoms with van der Waals surface area (Å²) in [6.07, 6.45) is 0. The van der Waals surface area contributed by atoms with Crippen molar-refractivity contribution in [2.75, 3.05) is 25.3 Å². The summed E-state index contributed by atoms with van der Waals surface area (Å²) in [5.74, 6) is 1.20. The summed E-state index contributed by atoms with van der Waals surface area (Å²) in [7, 11) is 0. The second kappa shape index (κ2) is 8.61.